The van der Waals surface area contributed by atoms with Gasteiger partial charge in [0, 0.05) is 6.61 Å². The highest BCUT2D eigenvalue weighted by Gasteiger charge is 2.20. The fraction of sp³-hybridized carbons (Fsp3) is 1.00. The molecule has 1 aliphatic rings. The summed E-state index contributed by atoms with van der Waals surface area (Å²) in [5.41, 5.74) is 0.497. The van der Waals surface area contributed by atoms with E-state index in [9.17, 15) is 0 Å². The van der Waals surface area contributed by atoms with E-state index >= 15 is 0 Å². The second kappa shape index (κ2) is 13.3. The molecule has 0 spiro atoms. The van der Waals surface area contributed by atoms with Crippen LogP contribution in [0, 0.1) is 5.41 Å². The van der Waals surface area contributed by atoms with Crippen molar-refractivity contribution in [3.63, 3.8) is 0 Å². The predicted octanol–water partition coefficient (Wildman–Crippen LogP) is 6.41. The van der Waals surface area contributed by atoms with Gasteiger partial charge in [0.25, 0.3) is 0 Å². The standard InChI is InChI=1S/C21H44O3Si/c1-21(2,3)17-13-10-8-6-7-9-11-16-20(24-25(4)5)23-19-15-12-14-18-22-19/h19-20,25H,6-18H2,1-5H3. The number of hydrogen-bond donors (Lipinski definition) is 0. The summed E-state index contributed by atoms with van der Waals surface area (Å²) < 4.78 is 17.9. The van der Waals surface area contributed by atoms with E-state index in [0.717, 1.165) is 19.4 Å². The summed E-state index contributed by atoms with van der Waals surface area (Å²) in [7, 11) is -1.07. The van der Waals surface area contributed by atoms with Crippen LogP contribution in [-0.4, -0.2) is 28.2 Å². The zero-order valence-corrected chi connectivity index (χ0v) is 18.8. The maximum Gasteiger partial charge on any atom is 0.174 e. The van der Waals surface area contributed by atoms with Gasteiger partial charge in [-0.2, -0.15) is 0 Å². The van der Waals surface area contributed by atoms with Crippen LogP contribution in [0.1, 0.15) is 97.8 Å². The van der Waals surface area contributed by atoms with E-state index in [4.69, 9.17) is 13.9 Å². The predicted molar refractivity (Wildman–Crippen MR) is 109 cm³/mol. The maximum absolute atomic E-state index is 6.08. The molecule has 1 fully saturated rings. The average molecular weight is 373 g/mol. The SMILES string of the molecule is C[SiH](C)OC(CCCCCCCCCC(C)(C)C)OC1CCCCO1. The molecule has 0 aromatic heterocycles. The lowest BCUT2D eigenvalue weighted by molar-refractivity contribution is -0.234. The van der Waals surface area contributed by atoms with Crippen LogP contribution in [0.15, 0.2) is 0 Å². The van der Waals surface area contributed by atoms with Gasteiger partial charge >= 0.3 is 0 Å². The van der Waals surface area contributed by atoms with Crippen molar-refractivity contribution in [2.24, 2.45) is 5.41 Å². The molecule has 0 amide bonds. The molecule has 1 rings (SSSR count). The molecule has 0 saturated carbocycles. The minimum Gasteiger partial charge on any atom is -0.396 e. The van der Waals surface area contributed by atoms with Crippen molar-refractivity contribution < 1.29 is 13.9 Å². The molecule has 0 bridgehead atoms. The maximum atomic E-state index is 6.08. The van der Waals surface area contributed by atoms with Crippen LogP contribution >= 0.6 is 0 Å². The van der Waals surface area contributed by atoms with Crippen LogP contribution in [0.25, 0.3) is 0 Å². The molecule has 1 saturated heterocycles. The van der Waals surface area contributed by atoms with Crippen molar-refractivity contribution in [2.75, 3.05) is 6.61 Å². The van der Waals surface area contributed by atoms with Crippen LogP contribution in [0.5, 0.6) is 0 Å². The van der Waals surface area contributed by atoms with Crippen molar-refractivity contribution >= 4 is 9.04 Å². The van der Waals surface area contributed by atoms with Gasteiger partial charge in [-0.25, -0.2) is 0 Å². The lowest BCUT2D eigenvalue weighted by Gasteiger charge is -2.29. The Morgan fingerprint density at radius 3 is 2.16 bits per heavy atom. The molecule has 0 N–H and O–H groups in total. The fourth-order valence-corrected chi connectivity index (χ4v) is 4.12. The van der Waals surface area contributed by atoms with Gasteiger partial charge in [0.2, 0.25) is 0 Å². The number of rotatable bonds is 13. The van der Waals surface area contributed by atoms with Crippen LogP contribution in [0.2, 0.25) is 13.1 Å². The molecule has 1 aliphatic heterocycles. The molecular weight excluding hydrogens is 328 g/mol. The molecule has 0 aromatic carbocycles. The molecule has 0 radical (unpaired) electrons. The van der Waals surface area contributed by atoms with Gasteiger partial charge in [0.05, 0.1) is 0 Å². The summed E-state index contributed by atoms with van der Waals surface area (Å²) in [6.07, 6.45) is 15.1. The van der Waals surface area contributed by atoms with Gasteiger partial charge in [-0.05, 0) is 57.0 Å². The lowest BCUT2D eigenvalue weighted by atomic mass is 9.89. The Hall–Kier alpha value is 0.0969. The number of ether oxygens (including phenoxy) is 2. The Kier molecular flexibility index (Phi) is 12.3. The highest BCUT2D eigenvalue weighted by Crippen LogP contribution is 2.23. The van der Waals surface area contributed by atoms with E-state index in [1.807, 2.05) is 0 Å². The molecule has 0 aliphatic carbocycles. The van der Waals surface area contributed by atoms with Gasteiger partial charge in [-0.15, -0.1) is 0 Å². The van der Waals surface area contributed by atoms with Crippen LogP contribution < -0.4 is 0 Å². The van der Waals surface area contributed by atoms with Crippen molar-refractivity contribution in [1.29, 1.82) is 0 Å². The molecule has 150 valence electrons. The molecule has 25 heavy (non-hydrogen) atoms. The summed E-state index contributed by atoms with van der Waals surface area (Å²) in [5.74, 6) is 0. The third-order valence-electron chi connectivity index (χ3n) is 4.73. The Bertz CT molecular complexity index is 309. The quantitative estimate of drug-likeness (QED) is 0.212. The van der Waals surface area contributed by atoms with E-state index in [-0.39, 0.29) is 12.6 Å². The molecule has 1 heterocycles. The largest absolute Gasteiger partial charge is 0.396 e. The third kappa shape index (κ3) is 13.9. The van der Waals surface area contributed by atoms with Crippen LogP contribution in [0.3, 0.4) is 0 Å². The Balaban J connectivity index is 2.05. The zero-order chi connectivity index (χ0) is 18.5. The molecular formula is C21H44O3Si. The number of hydrogen-bond acceptors (Lipinski definition) is 3. The van der Waals surface area contributed by atoms with E-state index in [1.54, 1.807) is 0 Å². The summed E-state index contributed by atoms with van der Waals surface area (Å²) in [5, 5.41) is 0. The Morgan fingerprint density at radius 1 is 0.960 bits per heavy atom. The minimum atomic E-state index is -1.07. The second-order valence-corrected chi connectivity index (χ2v) is 11.5. The second-order valence-electron chi connectivity index (χ2n) is 9.12. The van der Waals surface area contributed by atoms with Gasteiger partial charge < -0.3 is 13.9 Å². The molecule has 4 heteroatoms. The third-order valence-corrected chi connectivity index (χ3v) is 5.58. The van der Waals surface area contributed by atoms with Crippen molar-refractivity contribution in [1.82, 2.24) is 0 Å². The van der Waals surface area contributed by atoms with Gasteiger partial charge in [0.15, 0.2) is 21.6 Å². The van der Waals surface area contributed by atoms with E-state index in [1.165, 1.54) is 64.2 Å². The van der Waals surface area contributed by atoms with Crippen LogP contribution in [-0.2, 0) is 13.9 Å². The highest BCUT2D eigenvalue weighted by molar-refractivity contribution is 6.48. The first-order valence-electron chi connectivity index (χ1n) is 10.8. The lowest BCUT2D eigenvalue weighted by Crippen LogP contribution is -2.32. The monoisotopic (exact) mass is 372 g/mol. The Morgan fingerprint density at radius 2 is 1.60 bits per heavy atom. The molecule has 3 nitrogen and oxygen atoms in total. The summed E-state index contributed by atoms with van der Waals surface area (Å²) in [6.45, 7) is 12.3. The first-order valence-corrected chi connectivity index (χ1v) is 13.6. The summed E-state index contributed by atoms with van der Waals surface area (Å²) >= 11 is 0. The van der Waals surface area contributed by atoms with Gasteiger partial charge in [0.1, 0.15) is 0 Å². The normalized spacial score (nSPS) is 20.2. The minimum absolute atomic E-state index is 0.0330. The van der Waals surface area contributed by atoms with E-state index in [0.29, 0.717) is 5.41 Å². The molecule has 2 unspecified atom stereocenters. The van der Waals surface area contributed by atoms with Gasteiger partial charge in [-0.1, -0.05) is 59.3 Å². The van der Waals surface area contributed by atoms with Crippen molar-refractivity contribution in [2.45, 2.75) is 123 Å². The first kappa shape index (κ1) is 23.1. The summed E-state index contributed by atoms with van der Waals surface area (Å²) in [4.78, 5) is 0. The van der Waals surface area contributed by atoms with Crippen molar-refractivity contribution in [3.8, 4) is 0 Å². The fourth-order valence-electron chi connectivity index (χ4n) is 3.31. The van der Waals surface area contributed by atoms with Crippen LogP contribution in [0.4, 0.5) is 0 Å². The highest BCUT2D eigenvalue weighted by atomic mass is 28.3. The Labute approximate surface area is 158 Å². The first-order chi connectivity index (χ1) is 11.9. The molecule has 2 atom stereocenters. The average Bonchev–Trinajstić information content (AvgIpc) is 2.52. The van der Waals surface area contributed by atoms with Gasteiger partial charge in [-0.3, -0.25) is 0 Å². The van der Waals surface area contributed by atoms with E-state index < -0.39 is 9.04 Å². The van der Waals surface area contributed by atoms with E-state index in [2.05, 4.69) is 33.9 Å². The summed E-state index contributed by atoms with van der Waals surface area (Å²) in [6, 6.07) is 0. The zero-order valence-electron chi connectivity index (χ0n) is 17.6. The topological polar surface area (TPSA) is 27.7 Å². The van der Waals surface area contributed by atoms with Crippen molar-refractivity contribution in [3.05, 3.63) is 0 Å². The smallest absolute Gasteiger partial charge is 0.174 e. The number of unbranched alkanes of at least 4 members (excludes halogenated alkanes) is 6. The molecule has 0 aromatic rings.